The van der Waals surface area contributed by atoms with E-state index in [2.05, 4.69) is 59.5 Å². The molecule has 0 aliphatic carbocycles. The molecule has 110 valence electrons. The maximum atomic E-state index is 2.75. The summed E-state index contributed by atoms with van der Waals surface area (Å²) < 4.78 is 0. The van der Waals surface area contributed by atoms with Gasteiger partial charge in [-0.2, -0.15) is 0 Å². The van der Waals surface area contributed by atoms with Crippen molar-refractivity contribution in [2.75, 3.05) is 6.54 Å². The van der Waals surface area contributed by atoms with Crippen molar-refractivity contribution in [3.05, 3.63) is 82.4 Å². The molecule has 2 aromatic carbocycles. The third-order valence-corrected chi connectivity index (χ3v) is 5.58. The zero-order chi connectivity index (χ0) is 14.5. The van der Waals surface area contributed by atoms with Gasteiger partial charge in [0, 0.05) is 6.54 Å². The van der Waals surface area contributed by atoms with E-state index in [1.165, 1.54) is 32.2 Å². The summed E-state index contributed by atoms with van der Waals surface area (Å²) >= 11 is 0. The average molecular weight is 287 g/mol. The predicted octanol–water partition coefficient (Wildman–Crippen LogP) is 4.78. The largest absolute Gasteiger partial charge is 0.281 e. The number of allylic oxidation sites excluding steroid dienone is 2. The maximum absolute atomic E-state index is 2.75. The van der Waals surface area contributed by atoms with Crippen LogP contribution in [0.3, 0.4) is 0 Å². The van der Waals surface area contributed by atoms with E-state index in [0.717, 1.165) is 0 Å². The summed E-state index contributed by atoms with van der Waals surface area (Å²) in [6.45, 7) is 1.20. The molecule has 0 spiro atoms. The van der Waals surface area contributed by atoms with Crippen molar-refractivity contribution in [3.8, 4) is 0 Å². The Bertz CT molecular complexity index is 758. The number of fused-ring (bicyclic) bond motifs is 3. The lowest BCUT2D eigenvalue weighted by Gasteiger charge is -2.22. The van der Waals surface area contributed by atoms with Crippen LogP contribution in [0.4, 0.5) is 0 Å². The SMILES string of the molecule is C1=C\CCc2cccc3c2[C@H]2c4ccccc4[C@@H]3N2CCC/1. The molecule has 0 N–H and O–H groups in total. The van der Waals surface area contributed by atoms with E-state index in [1.807, 2.05) is 0 Å². The first-order chi connectivity index (χ1) is 10.9. The Morgan fingerprint density at radius 3 is 2.45 bits per heavy atom. The van der Waals surface area contributed by atoms with Crippen LogP contribution in [0.5, 0.6) is 0 Å². The molecule has 0 amide bonds. The van der Waals surface area contributed by atoms with Gasteiger partial charge >= 0.3 is 0 Å². The van der Waals surface area contributed by atoms with Gasteiger partial charge < -0.3 is 0 Å². The number of hydrogen-bond donors (Lipinski definition) is 0. The van der Waals surface area contributed by atoms with Crippen LogP contribution in [-0.2, 0) is 6.42 Å². The van der Waals surface area contributed by atoms with Crippen LogP contribution in [0.2, 0.25) is 0 Å². The van der Waals surface area contributed by atoms with Gasteiger partial charge in [-0.25, -0.2) is 0 Å². The lowest BCUT2D eigenvalue weighted by molar-refractivity contribution is 0.235. The number of benzene rings is 2. The molecule has 4 bridgehead atoms. The lowest BCUT2D eigenvalue weighted by Crippen LogP contribution is -2.22. The van der Waals surface area contributed by atoms with Gasteiger partial charge in [0.25, 0.3) is 0 Å². The molecule has 3 heterocycles. The highest BCUT2D eigenvalue weighted by atomic mass is 15.2. The maximum Gasteiger partial charge on any atom is 0.0619 e. The molecule has 0 saturated carbocycles. The van der Waals surface area contributed by atoms with Gasteiger partial charge in [0.1, 0.15) is 0 Å². The summed E-state index contributed by atoms with van der Waals surface area (Å²) in [7, 11) is 0. The molecule has 2 aromatic rings. The summed E-state index contributed by atoms with van der Waals surface area (Å²) in [5.74, 6) is 0. The third kappa shape index (κ3) is 1.63. The van der Waals surface area contributed by atoms with Crippen molar-refractivity contribution in [2.24, 2.45) is 0 Å². The molecule has 0 fully saturated rings. The first-order valence-electron chi connectivity index (χ1n) is 8.56. The Kier molecular flexibility index (Phi) is 2.78. The van der Waals surface area contributed by atoms with E-state index < -0.39 is 0 Å². The van der Waals surface area contributed by atoms with Crippen molar-refractivity contribution in [1.29, 1.82) is 0 Å². The minimum absolute atomic E-state index is 0.500. The first-order valence-corrected chi connectivity index (χ1v) is 8.56. The Morgan fingerprint density at radius 1 is 0.773 bits per heavy atom. The first kappa shape index (κ1) is 12.7. The molecule has 3 aliphatic rings. The fourth-order valence-corrected chi connectivity index (χ4v) is 4.73. The van der Waals surface area contributed by atoms with Gasteiger partial charge in [0.05, 0.1) is 12.1 Å². The van der Waals surface area contributed by atoms with E-state index in [4.69, 9.17) is 0 Å². The van der Waals surface area contributed by atoms with E-state index in [0.29, 0.717) is 12.1 Å². The lowest BCUT2D eigenvalue weighted by atomic mass is 9.83. The van der Waals surface area contributed by atoms with Crippen LogP contribution >= 0.6 is 0 Å². The van der Waals surface area contributed by atoms with Crippen molar-refractivity contribution in [1.82, 2.24) is 4.90 Å². The average Bonchev–Trinajstić information content (AvgIpc) is 3.03. The second-order valence-electron chi connectivity index (χ2n) is 6.74. The van der Waals surface area contributed by atoms with Crippen molar-refractivity contribution < 1.29 is 0 Å². The van der Waals surface area contributed by atoms with Crippen molar-refractivity contribution in [3.63, 3.8) is 0 Å². The molecule has 0 radical (unpaired) electrons. The van der Waals surface area contributed by atoms with E-state index >= 15 is 0 Å². The quantitative estimate of drug-likeness (QED) is 0.630. The summed E-state index contributed by atoms with van der Waals surface area (Å²) in [6, 6.07) is 17.1. The monoisotopic (exact) mass is 287 g/mol. The Hall–Kier alpha value is -1.86. The van der Waals surface area contributed by atoms with Gasteiger partial charge in [0.2, 0.25) is 0 Å². The van der Waals surface area contributed by atoms with Gasteiger partial charge in [-0.15, -0.1) is 0 Å². The molecule has 22 heavy (non-hydrogen) atoms. The molecule has 3 atom stereocenters. The van der Waals surface area contributed by atoms with Crippen molar-refractivity contribution >= 4 is 0 Å². The van der Waals surface area contributed by atoms with Crippen molar-refractivity contribution in [2.45, 2.75) is 37.8 Å². The van der Waals surface area contributed by atoms with Gasteiger partial charge in [-0.1, -0.05) is 54.6 Å². The van der Waals surface area contributed by atoms with E-state index in [1.54, 1.807) is 27.8 Å². The van der Waals surface area contributed by atoms with Crippen LogP contribution in [-0.4, -0.2) is 11.4 Å². The molecular formula is C21H21N. The zero-order valence-corrected chi connectivity index (χ0v) is 12.8. The smallest absolute Gasteiger partial charge is 0.0619 e. The van der Waals surface area contributed by atoms with Crippen LogP contribution in [0.1, 0.15) is 59.2 Å². The topological polar surface area (TPSA) is 3.24 Å². The van der Waals surface area contributed by atoms with Gasteiger partial charge in [0.15, 0.2) is 0 Å². The number of hydrogen-bond acceptors (Lipinski definition) is 1. The highest BCUT2D eigenvalue weighted by Crippen LogP contribution is 2.57. The molecule has 0 saturated heterocycles. The predicted molar refractivity (Wildman–Crippen MR) is 90.0 cm³/mol. The number of aryl methyl sites for hydroxylation is 1. The van der Waals surface area contributed by atoms with E-state index in [9.17, 15) is 0 Å². The molecular weight excluding hydrogens is 266 g/mol. The van der Waals surface area contributed by atoms with Crippen LogP contribution < -0.4 is 0 Å². The molecule has 1 nitrogen and oxygen atoms in total. The fraction of sp³-hybridized carbons (Fsp3) is 0.333. The summed E-state index contributed by atoms with van der Waals surface area (Å²) in [5.41, 5.74) is 7.87. The number of nitrogens with zero attached hydrogens (tertiary/aromatic N) is 1. The second-order valence-corrected chi connectivity index (χ2v) is 6.74. The Morgan fingerprint density at radius 2 is 1.55 bits per heavy atom. The highest BCUT2D eigenvalue weighted by molar-refractivity contribution is 5.59. The Labute approximate surface area is 132 Å². The minimum atomic E-state index is 0.500. The summed E-state index contributed by atoms with van der Waals surface area (Å²) in [6.07, 6.45) is 9.59. The Balaban J connectivity index is 1.72. The van der Waals surface area contributed by atoms with Gasteiger partial charge in [-0.3, -0.25) is 4.90 Å². The summed E-state index contributed by atoms with van der Waals surface area (Å²) in [4.78, 5) is 2.75. The molecule has 1 heteroatoms. The molecule has 1 unspecified atom stereocenters. The molecule has 3 aliphatic heterocycles. The molecule has 5 rings (SSSR count). The molecule has 0 aromatic heterocycles. The van der Waals surface area contributed by atoms with Gasteiger partial charge in [-0.05, 0) is 53.5 Å². The van der Waals surface area contributed by atoms with Crippen LogP contribution in [0.25, 0.3) is 0 Å². The third-order valence-electron chi connectivity index (χ3n) is 5.58. The zero-order valence-electron chi connectivity index (χ0n) is 12.8. The van der Waals surface area contributed by atoms with E-state index in [-0.39, 0.29) is 0 Å². The van der Waals surface area contributed by atoms with Crippen LogP contribution in [0.15, 0.2) is 54.6 Å². The number of rotatable bonds is 0. The normalized spacial score (nSPS) is 29.7. The van der Waals surface area contributed by atoms with Crippen LogP contribution in [0, 0.1) is 0 Å². The standard InChI is InChI=1S/C21H21N/c1-2-4-9-15-10-8-13-18-19(15)21-17-12-6-5-11-16(17)20(18)22(21)14-7-3-1/h1-2,5-6,8,10-13,20-21H,3-4,7,9,14H2/b2-1-/t20-,21+/m0/s1. The summed E-state index contributed by atoms with van der Waals surface area (Å²) in [5, 5.41) is 0. The highest BCUT2D eigenvalue weighted by Gasteiger charge is 2.47. The second kappa shape index (κ2) is 4.82. The fourth-order valence-electron chi connectivity index (χ4n) is 4.73. The minimum Gasteiger partial charge on any atom is -0.281 e.